The first kappa shape index (κ1) is 38.1. The van der Waals surface area contributed by atoms with Crippen LogP contribution >= 0.6 is 0 Å². The molecule has 6 N–H and O–H groups in total. The second-order valence-corrected chi connectivity index (χ2v) is 15.0. The summed E-state index contributed by atoms with van der Waals surface area (Å²) in [6, 6.07) is 6.62. The van der Waals surface area contributed by atoms with E-state index in [4.69, 9.17) is 9.47 Å². The number of epoxide rings is 1. The number of ether oxygens (including phenoxy) is 2. The summed E-state index contributed by atoms with van der Waals surface area (Å²) in [5, 5.41) is 33.8. The number of ketones is 2. The molecule has 7 atom stereocenters. The Morgan fingerprint density at radius 1 is 1.15 bits per heavy atom. The fourth-order valence-corrected chi connectivity index (χ4v) is 8.99. The highest BCUT2D eigenvalue weighted by atomic mass is 16.7. The Bertz CT molecular complexity index is 1630. The summed E-state index contributed by atoms with van der Waals surface area (Å²) in [7, 11) is 1.87. The Morgan fingerprint density at radius 3 is 2.67 bits per heavy atom. The number of nitrogens with one attached hydrogen (secondary N) is 4. The molecule has 5 aliphatic rings. The van der Waals surface area contributed by atoms with Crippen LogP contribution < -0.4 is 21.3 Å². The number of dihydropyridines is 1. The van der Waals surface area contributed by atoms with Gasteiger partial charge in [-0.1, -0.05) is 55.0 Å². The van der Waals surface area contributed by atoms with Gasteiger partial charge in [0.15, 0.2) is 11.4 Å². The van der Waals surface area contributed by atoms with Crippen molar-refractivity contribution in [2.45, 2.75) is 95.0 Å². The summed E-state index contributed by atoms with van der Waals surface area (Å²) in [6.07, 6.45) is 14.1. The SMILES string of the molecule is CCNC1CC2C=CCCC2CC1C(CCCO)OC(=O)C12OC1(CC(CO)=C(C)CCC1=CCNC(NCNC)=C1)C(=O)c1ccccc1C2=O. The largest absolute Gasteiger partial charge is 0.459 e. The first-order valence-electron chi connectivity index (χ1n) is 19.1. The first-order valence-corrected chi connectivity index (χ1v) is 19.1. The zero-order valence-corrected chi connectivity index (χ0v) is 30.8. The zero-order chi connectivity index (χ0) is 36.9. The summed E-state index contributed by atoms with van der Waals surface area (Å²) in [4.78, 5) is 43.5. The highest BCUT2D eigenvalue weighted by molar-refractivity contribution is 6.33. The van der Waals surface area contributed by atoms with E-state index in [9.17, 15) is 24.6 Å². The maximum absolute atomic E-state index is 14.7. The van der Waals surface area contributed by atoms with E-state index in [2.05, 4.69) is 52.5 Å². The van der Waals surface area contributed by atoms with Crippen molar-refractivity contribution < 1.29 is 34.1 Å². The van der Waals surface area contributed by atoms with Crippen molar-refractivity contribution in [3.8, 4) is 0 Å². The number of hydrogen-bond acceptors (Lipinski definition) is 11. The molecule has 2 aliphatic heterocycles. The number of benzene rings is 1. The molecule has 2 fully saturated rings. The number of rotatable bonds is 17. The average molecular weight is 717 g/mol. The first-order chi connectivity index (χ1) is 25.2. The van der Waals surface area contributed by atoms with Crippen LogP contribution in [-0.2, 0) is 14.3 Å². The highest BCUT2D eigenvalue weighted by Crippen LogP contribution is 2.60. The normalized spacial score (nSPS) is 30.1. The quantitative estimate of drug-likeness (QED) is 0.0457. The number of Topliss-reactive ketones (excluding diaryl/α,β-unsaturated/α-hetero) is 2. The van der Waals surface area contributed by atoms with Crippen LogP contribution in [0.15, 0.2) is 71.1 Å². The van der Waals surface area contributed by atoms with E-state index in [0.717, 1.165) is 49.2 Å². The van der Waals surface area contributed by atoms with Crippen molar-refractivity contribution in [1.82, 2.24) is 21.3 Å². The van der Waals surface area contributed by atoms with Crippen LogP contribution in [0.5, 0.6) is 0 Å². The van der Waals surface area contributed by atoms with Gasteiger partial charge in [0.1, 0.15) is 11.9 Å². The Kier molecular flexibility index (Phi) is 12.2. The maximum atomic E-state index is 14.7. The molecule has 1 aromatic rings. The average Bonchev–Trinajstić information content (AvgIpc) is 3.87. The number of aliphatic hydroxyl groups excluding tert-OH is 2. The molecule has 1 saturated heterocycles. The van der Waals surface area contributed by atoms with Crippen LogP contribution in [0.25, 0.3) is 0 Å². The molecule has 7 unspecified atom stereocenters. The zero-order valence-electron chi connectivity index (χ0n) is 30.8. The van der Waals surface area contributed by atoms with Gasteiger partial charge in [0, 0.05) is 42.7 Å². The van der Waals surface area contributed by atoms with E-state index in [-0.39, 0.29) is 42.7 Å². The summed E-state index contributed by atoms with van der Waals surface area (Å²) in [6.45, 7) is 5.66. The van der Waals surface area contributed by atoms with Gasteiger partial charge in [-0.05, 0) is 101 Å². The molecule has 282 valence electrons. The van der Waals surface area contributed by atoms with Gasteiger partial charge >= 0.3 is 5.97 Å². The maximum Gasteiger partial charge on any atom is 0.350 e. The molecule has 11 nitrogen and oxygen atoms in total. The predicted molar refractivity (Wildman–Crippen MR) is 198 cm³/mol. The lowest BCUT2D eigenvalue weighted by atomic mass is 9.66. The molecule has 6 rings (SSSR count). The number of allylic oxidation sites excluding steroid dienone is 5. The fraction of sp³-hybridized carbons (Fsp3) is 0.585. The summed E-state index contributed by atoms with van der Waals surface area (Å²) in [5.74, 6) is -0.0720. The molecule has 0 bridgehead atoms. The molecular weight excluding hydrogens is 660 g/mol. The predicted octanol–water partition coefficient (Wildman–Crippen LogP) is 3.84. The van der Waals surface area contributed by atoms with Crippen LogP contribution in [0.1, 0.15) is 92.4 Å². The minimum atomic E-state index is -2.15. The van der Waals surface area contributed by atoms with E-state index < -0.39 is 34.8 Å². The molecule has 11 heteroatoms. The lowest BCUT2D eigenvalue weighted by Gasteiger charge is -2.45. The van der Waals surface area contributed by atoms with Crippen molar-refractivity contribution >= 4 is 17.5 Å². The number of esters is 1. The summed E-state index contributed by atoms with van der Waals surface area (Å²) < 4.78 is 12.7. The molecule has 1 saturated carbocycles. The minimum Gasteiger partial charge on any atom is -0.459 e. The lowest BCUT2D eigenvalue weighted by Crippen LogP contribution is -2.54. The van der Waals surface area contributed by atoms with Crippen LogP contribution in [0.3, 0.4) is 0 Å². The number of carbonyl (C=O) groups excluding carboxylic acids is 3. The third-order valence-corrected chi connectivity index (χ3v) is 11.9. The molecular formula is C41H56N4O7. The minimum absolute atomic E-state index is 0.0307. The van der Waals surface area contributed by atoms with E-state index in [1.54, 1.807) is 24.3 Å². The molecule has 3 aliphatic carbocycles. The standard InChI is InChI=1S/C41H56N4O7/c1-4-43-34-22-29-11-6-5-10-28(29)21-33(34)35(14-9-19-46)51-39(50)41-38(49)32-13-8-7-12-31(32)37(48)40(41,52-41)23-30(24-47)26(2)15-16-27-17-18-44-36(20-27)45-25-42-3/h6-8,11-13,17,20,28-29,33-35,42-47H,4-5,9-10,14-16,18-19,21-25H2,1-3H3. The summed E-state index contributed by atoms with van der Waals surface area (Å²) >= 11 is 0. The van der Waals surface area contributed by atoms with Gasteiger partial charge in [-0.25, -0.2) is 4.79 Å². The van der Waals surface area contributed by atoms with Crippen molar-refractivity contribution in [1.29, 1.82) is 0 Å². The molecule has 0 spiro atoms. The van der Waals surface area contributed by atoms with Gasteiger partial charge in [0.05, 0.1) is 13.3 Å². The number of hydrogen-bond donors (Lipinski definition) is 6. The second-order valence-electron chi connectivity index (χ2n) is 15.0. The highest BCUT2D eigenvalue weighted by Gasteiger charge is 2.85. The van der Waals surface area contributed by atoms with Crippen molar-refractivity contribution in [3.63, 3.8) is 0 Å². The van der Waals surface area contributed by atoms with Crippen LogP contribution in [0.2, 0.25) is 0 Å². The number of carbonyl (C=O) groups is 3. The molecule has 0 aromatic heterocycles. The Morgan fingerprint density at radius 2 is 1.94 bits per heavy atom. The Labute approximate surface area is 307 Å². The number of aliphatic hydroxyl groups is 2. The van der Waals surface area contributed by atoms with Gasteiger partial charge in [-0.3, -0.25) is 9.59 Å². The van der Waals surface area contributed by atoms with Gasteiger partial charge < -0.3 is 41.0 Å². The molecule has 0 amide bonds. The van der Waals surface area contributed by atoms with Gasteiger partial charge in [0.2, 0.25) is 5.78 Å². The third kappa shape index (κ3) is 7.30. The molecule has 2 heterocycles. The van der Waals surface area contributed by atoms with Crippen LogP contribution in [-0.4, -0.2) is 91.1 Å². The fourth-order valence-electron chi connectivity index (χ4n) is 8.99. The molecule has 1 aromatic carbocycles. The lowest BCUT2D eigenvalue weighted by molar-refractivity contribution is -0.159. The van der Waals surface area contributed by atoms with Crippen molar-refractivity contribution in [2.24, 2.45) is 17.8 Å². The van der Waals surface area contributed by atoms with E-state index in [1.807, 2.05) is 14.0 Å². The molecule has 0 radical (unpaired) electrons. The van der Waals surface area contributed by atoms with Gasteiger partial charge in [0.25, 0.3) is 5.60 Å². The molecule has 52 heavy (non-hydrogen) atoms. The Balaban J connectivity index is 1.28. The third-order valence-electron chi connectivity index (χ3n) is 11.9. The second kappa shape index (κ2) is 16.6. The van der Waals surface area contributed by atoms with Crippen LogP contribution in [0.4, 0.5) is 0 Å². The van der Waals surface area contributed by atoms with E-state index >= 15 is 0 Å². The van der Waals surface area contributed by atoms with Crippen molar-refractivity contribution in [3.05, 3.63) is 82.2 Å². The van der Waals surface area contributed by atoms with Gasteiger partial charge in [-0.2, -0.15) is 0 Å². The van der Waals surface area contributed by atoms with Crippen LogP contribution in [0, 0.1) is 17.8 Å². The monoisotopic (exact) mass is 716 g/mol. The Hall–Kier alpha value is -3.61. The topological polar surface area (TPSA) is 162 Å². The summed E-state index contributed by atoms with van der Waals surface area (Å²) in [5.41, 5.74) is -1.04. The number of fused-ring (bicyclic) bond motifs is 3. The van der Waals surface area contributed by atoms with E-state index in [0.29, 0.717) is 56.3 Å². The van der Waals surface area contributed by atoms with E-state index in [1.165, 1.54) is 0 Å². The van der Waals surface area contributed by atoms with Crippen molar-refractivity contribution in [2.75, 3.05) is 40.0 Å². The smallest absolute Gasteiger partial charge is 0.350 e. The van der Waals surface area contributed by atoms with Gasteiger partial charge in [-0.15, -0.1) is 0 Å².